The van der Waals surface area contributed by atoms with Gasteiger partial charge in [-0.2, -0.15) is 0 Å². The zero-order valence-electron chi connectivity index (χ0n) is 9.78. The molecule has 0 aliphatic heterocycles. The van der Waals surface area contributed by atoms with Crippen LogP contribution in [-0.2, 0) is 9.53 Å². The van der Waals surface area contributed by atoms with E-state index in [2.05, 4.69) is 15.6 Å². The maximum Gasteiger partial charge on any atom is 0.360 e. The first-order valence-corrected chi connectivity index (χ1v) is 6.18. The number of aromatic nitrogens is 1. The molecule has 17 heavy (non-hydrogen) atoms. The second-order valence-corrected chi connectivity index (χ2v) is 3.91. The van der Waals surface area contributed by atoms with Gasteiger partial charge in [0.25, 0.3) is 0 Å². The van der Waals surface area contributed by atoms with E-state index in [1.54, 1.807) is 6.92 Å². The van der Waals surface area contributed by atoms with Crippen LogP contribution >= 0.6 is 11.3 Å². The quantitative estimate of drug-likeness (QED) is 0.739. The molecule has 0 fully saturated rings. The molecule has 0 saturated heterocycles. The highest BCUT2D eigenvalue weighted by atomic mass is 32.1. The highest BCUT2D eigenvalue weighted by Gasteiger charge is 2.16. The molecule has 0 aliphatic carbocycles. The molecular formula is C10H15N3O3S. The summed E-state index contributed by atoms with van der Waals surface area (Å²) in [6.45, 7) is 4.56. The average molecular weight is 257 g/mol. The Morgan fingerprint density at radius 2 is 2.24 bits per heavy atom. The minimum Gasteiger partial charge on any atom is -0.461 e. The van der Waals surface area contributed by atoms with Gasteiger partial charge in [0.05, 0.1) is 18.7 Å². The van der Waals surface area contributed by atoms with Crippen LogP contribution in [0.2, 0.25) is 0 Å². The third-order valence-corrected chi connectivity index (χ3v) is 2.60. The van der Waals surface area contributed by atoms with Gasteiger partial charge in [-0.1, -0.05) is 0 Å². The van der Waals surface area contributed by atoms with Gasteiger partial charge in [-0.15, -0.1) is 11.3 Å². The van der Waals surface area contributed by atoms with Gasteiger partial charge in [0.1, 0.15) is 5.00 Å². The number of thiazole rings is 1. The molecule has 1 aromatic rings. The number of carbonyl (C=O) groups excluding carboxylic acids is 2. The Hall–Kier alpha value is -1.63. The highest BCUT2D eigenvalue weighted by Crippen LogP contribution is 2.20. The van der Waals surface area contributed by atoms with E-state index in [4.69, 9.17) is 4.74 Å². The molecule has 94 valence electrons. The molecule has 0 unspecified atom stereocenters. The summed E-state index contributed by atoms with van der Waals surface area (Å²) in [6, 6.07) is 0. The maximum absolute atomic E-state index is 11.5. The fourth-order valence-corrected chi connectivity index (χ4v) is 1.80. The second-order valence-electron chi connectivity index (χ2n) is 3.06. The van der Waals surface area contributed by atoms with E-state index in [1.807, 2.05) is 6.92 Å². The standard InChI is InChI=1S/C10H15N3O3S/c1-3-11-7(14)5-12-9-8(13-6-17-9)10(15)16-4-2/h6,12H,3-5H2,1-2H3,(H,11,14). The Labute approximate surface area is 103 Å². The van der Waals surface area contributed by atoms with E-state index < -0.39 is 5.97 Å². The van der Waals surface area contributed by atoms with E-state index in [0.29, 0.717) is 18.2 Å². The van der Waals surface area contributed by atoms with Crippen LogP contribution in [0.25, 0.3) is 0 Å². The second kappa shape index (κ2) is 6.85. The number of amides is 1. The summed E-state index contributed by atoms with van der Waals surface area (Å²) in [7, 11) is 0. The van der Waals surface area contributed by atoms with Crippen molar-refractivity contribution < 1.29 is 14.3 Å². The summed E-state index contributed by atoms with van der Waals surface area (Å²) in [5.74, 6) is -0.608. The van der Waals surface area contributed by atoms with Crippen molar-refractivity contribution in [3.8, 4) is 0 Å². The molecule has 0 spiro atoms. The van der Waals surface area contributed by atoms with Crippen molar-refractivity contribution in [1.82, 2.24) is 10.3 Å². The summed E-state index contributed by atoms with van der Waals surface area (Å²) in [5, 5.41) is 6.06. The molecule has 2 N–H and O–H groups in total. The summed E-state index contributed by atoms with van der Waals surface area (Å²) in [6.07, 6.45) is 0. The number of ether oxygens (including phenoxy) is 1. The molecule has 0 saturated carbocycles. The third kappa shape index (κ3) is 4.03. The fraction of sp³-hybridized carbons (Fsp3) is 0.500. The molecule has 0 bridgehead atoms. The number of hydrogen-bond acceptors (Lipinski definition) is 6. The lowest BCUT2D eigenvalue weighted by Gasteiger charge is -2.05. The Bertz CT molecular complexity index is 392. The van der Waals surface area contributed by atoms with Crippen molar-refractivity contribution in [1.29, 1.82) is 0 Å². The van der Waals surface area contributed by atoms with Crippen LogP contribution in [0.4, 0.5) is 5.00 Å². The van der Waals surface area contributed by atoms with Gasteiger partial charge < -0.3 is 15.4 Å². The summed E-state index contributed by atoms with van der Waals surface area (Å²) < 4.78 is 4.85. The minimum atomic E-state index is -0.479. The number of rotatable bonds is 6. The van der Waals surface area contributed by atoms with Crippen molar-refractivity contribution in [3.63, 3.8) is 0 Å². The van der Waals surface area contributed by atoms with E-state index in [1.165, 1.54) is 16.8 Å². The Balaban J connectivity index is 2.57. The minimum absolute atomic E-state index is 0.114. The number of likely N-dealkylation sites (N-methyl/N-ethyl adjacent to an activating group) is 1. The van der Waals surface area contributed by atoms with Crippen LogP contribution < -0.4 is 10.6 Å². The molecule has 1 aromatic heterocycles. The number of carbonyl (C=O) groups is 2. The molecule has 0 atom stereocenters. The van der Waals surface area contributed by atoms with Gasteiger partial charge >= 0.3 is 5.97 Å². The Morgan fingerprint density at radius 3 is 2.88 bits per heavy atom. The van der Waals surface area contributed by atoms with Gasteiger partial charge in [-0.3, -0.25) is 4.79 Å². The molecule has 7 heteroatoms. The van der Waals surface area contributed by atoms with E-state index in [0.717, 1.165) is 0 Å². The molecule has 0 aliphatic rings. The third-order valence-electron chi connectivity index (χ3n) is 1.82. The fourth-order valence-electron chi connectivity index (χ4n) is 1.14. The smallest absolute Gasteiger partial charge is 0.360 e. The largest absolute Gasteiger partial charge is 0.461 e. The van der Waals surface area contributed by atoms with E-state index in [9.17, 15) is 9.59 Å². The lowest BCUT2D eigenvalue weighted by atomic mass is 10.4. The maximum atomic E-state index is 11.5. The summed E-state index contributed by atoms with van der Waals surface area (Å²) >= 11 is 1.26. The molecule has 0 radical (unpaired) electrons. The van der Waals surface area contributed by atoms with Gasteiger partial charge in [-0.05, 0) is 13.8 Å². The molecular weight excluding hydrogens is 242 g/mol. The number of anilines is 1. The van der Waals surface area contributed by atoms with Gasteiger partial charge in [-0.25, -0.2) is 9.78 Å². The summed E-state index contributed by atoms with van der Waals surface area (Å²) in [4.78, 5) is 26.6. The van der Waals surface area contributed by atoms with E-state index >= 15 is 0 Å². The van der Waals surface area contributed by atoms with Crippen molar-refractivity contribution in [3.05, 3.63) is 11.2 Å². The Kier molecular flexibility index (Phi) is 5.41. The average Bonchev–Trinajstić information content (AvgIpc) is 2.75. The van der Waals surface area contributed by atoms with Crippen LogP contribution in [0.1, 0.15) is 24.3 Å². The summed E-state index contributed by atoms with van der Waals surface area (Å²) in [5.41, 5.74) is 1.76. The van der Waals surface area contributed by atoms with Crippen molar-refractivity contribution in [2.24, 2.45) is 0 Å². The highest BCUT2D eigenvalue weighted by molar-refractivity contribution is 7.14. The number of nitrogens with one attached hydrogen (secondary N) is 2. The van der Waals surface area contributed by atoms with E-state index in [-0.39, 0.29) is 18.1 Å². The lowest BCUT2D eigenvalue weighted by Crippen LogP contribution is -2.29. The first kappa shape index (κ1) is 13.4. The molecule has 1 amide bonds. The first-order valence-electron chi connectivity index (χ1n) is 5.30. The van der Waals surface area contributed by atoms with Crippen molar-refractivity contribution >= 4 is 28.2 Å². The van der Waals surface area contributed by atoms with Crippen LogP contribution in [0, 0.1) is 0 Å². The number of esters is 1. The monoisotopic (exact) mass is 257 g/mol. The van der Waals surface area contributed by atoms with Crippen LogP contribution in [0.3, 0.4) is 0 Å². The Morgan fingerprint density at radius 1 is 1.47 bits per heavy atom. The zero-order chi connectivity index (χ0) is 12.7. The SMILES string of the molecule is CCNC(=O)CNc1scnc1C(=O)OCC. The predicted molar refractivity (Wildman–Crippen MR) is 65.2 cm³/mol. The zero-order valence-corrected chi connectivity index (χ0v) is 10.6. The number of nitrogens with zero attached hydrogens (tertiary/aromatic N) is 1. The van der Waals surface area contributed by atoms with Gasteiger partial charge in [0.2, 0.25) is 5.91 Å². The van der Waals surface area contributed by atoms with Crippen LogP contribution in [-0.4, -0.2) is 36.6 Å². The lowest BCUT2D eigenvalue weighted by molar-refractivity contribution is -0.119. The van der Waals surface area contributed by atoms with Crippen LogP contribution in [0.15, 0.2) is 5.51 Å². The van der Waals surface area contributed by atoms with Crippen molar-refractivity contribution in [2.45, 2.75) is 13.8 Å². The van der Waals surface area contributed by atoms with Gasteiger partial charge in [0.15, 0.2) is 5.69 Å². The first-order chi connectivity index (χ1) is 8.19. The van der Waals surface area contributed by atoms with Gasteiger partial charge in [0, 0.05) is 6.54 Å². The molecule has 1 heterocycles. The van der Waals surface area contributed by atoms with Crippen molar-refractivity contribution in [2.75, 3.05) is 25.0 Å². The molecule has 1 rings (SSSR count). The normalized spacial score (nSPS) is 9.76. The number of hydrogen-bond donors (Lipinski definition) is 2. The van der Waals surface area contributed by atoms with Crippen LogP contribution in [0.5, 0.6) is 0 Å². The predicted octanol–water partition coefficient (Wildman–Crippen LogP) is 0.868. The molecule has 0 aromatic carbocycles. The topological polar surface area (TPSA) is 80.3 Å². The molecule has 6 nitrogen and oxygen atoms in total.